The summed E-state index contributed by atoms with van der Waals surface area (Å²) in [5, 5.41) is 14.9. The normalized spacial score (nSPS) is 18.6. The second kappa shape index (κ2) is 11.9. The zero-order valence-electron chi connectivity index (χ0n) is 22.1. The second-order valence-electron chi connectivity index (χ2n) is 10.6. The minimum Gasteiger partial charge on any atom is -0.465 e. The third kappa shape index (κ3) is 6.94. The Balaban J connectivity index is 1.27. The van der Waals surface area contributed by atoms with Gasteiger partial charge in [0.05, 0.1) is 12.0 Å². The molecule has 9 nitrogen and oxygen atoms in total. The molecular formula is C29H35FN6O3. The number of imidazole rings is 1. The number of carbonyl (C=O) groups excluding carboxylic acids is 1. The molecule has 2 amide bonds. The van der Waals surface area contributed by atoms with Crippen molar-refractivity contribution in [2.45, 2.75) is 45.2 Å². The van der Waals surface area contributed by atoms with Crippen molar-refractivity contribution >= 4 is 23.4 Å². The van der Waals surface area contributed by atoms with Crippen molar-refractivity contribution < 1.29 is 19.1 Å². The lowest BCUT2D eigenvalue weighted by atomic mass is 9.95. The molecule has 1 atom stereocenters. The molecule has 2 aliphatic heterocycles. The SMILES string of the molecule is Cc1cn(-c2cc(CN3CCCC(NC(=O)O)C3)cc(NC(=O)C3CCN(c4ccc(F)cc4)CC3)c2)cn1. The number of nitrogens with zero attached hydrogens (tertiary/aromatic N) is 4. The lowest BCUT2D eigenvalue weighted by Crippen LogP contribution is -2.46. The largest absolute Gasteiger partial charge is 0.465 e. The molecule has 0 saturated carbocycles. The van der Waals surface area contributed by atoms with Gasteiger partial charge in [0.2, 0.25) is 5.91 Å². The fourth-order valence-electron chi connectivity index (χ4n) is 5.59. The first-order valence-corrected chi connectivity index (χ1v) is 13.5. The summed E-state index contributed by atoms with van der Waals surface area (Å²) in [4.78, 5) is 33.2. The van der Waals surface area contributed by atoms with Crippen molar-refractivity contribution in [3.8, 4) is 5.69 Å². The molecule has 1 aromatic heterocycles. The van der Waals surface area contributed by atoms with E-state index in [2.05, 4.69) is 31.5 Å². The number of anilines is 2. The van der Waals surface area contributed by atoms with Gasteiger partial charge in [0.1, 0.15) is 5.82 Å². The first-order chi connectivity index (χ1) is 18.8. The Morgan fingerprint density at radius 2 is 1.82 bits per heavy atom. The van der Waals surface area contributed by atoms with Gasteiger partial charge in [-0.15, -0.1) is 0 Å². The smallest absolute Gasteiger partial charge is 0.404 e. The molecule has 3 N–H and O–H groups in total. The number of piperidine rings is 2. The van der Waals surface area contributed by atoms with E-state index < -0.39 is 6.09 Å². The highest BCUT2D eigenvalue weighted by Gasteiger charge is 2.26. The maximum absolute atomic E-state index is 13.3. The molecule has 1 unspecified atom stereocenters. The number of nitrogens with one attached hydrogen (secondary N) is 2. The van der Waals surface area contributed by atoms with Crippen molar-refractivity contribution in [2.75, 3.05) is 36.4 Å². The van der Waals surface area contributed by atoms with Crippen LogP contribution in [0.25, 0.3) is 5.69 Å². The summed E-state index contributed by atoms with van der Waals surface area (Å²) in [6.07, 6.45) is 5.92. The molecule has 3 heterocycles. The van der Waals surface area contributed by atoms with Crippen LogP contribution in [0.1, 0.15) is 36.9 Å². The average Bonchev–Trinajstić information content (AvgIpc) is 3.35. The average molecular weight is 535 g/mol. The predicted molar refractivity (Wildman–Crippen MR) is 148 cm³/mol. The van der Waals surface area contributed by atoms with Gasteiger partial charge in [-0.1, -0.05) is 0 Å². The van der Waals surface area contributed by atoms with E-state index in [0.717, 1.165) is 73.6 Å². The number of hydrogen-bond acceptors (Lipinski definition) is 5. The number of hydrogen-bond donors (Lipinski definition) is 3. The summed E-state index contributed by atoms with van der Waals surface area (Å²) in [6.45, 7) is 5.60. The van der Waals surface area contributed by atoms with Crippen LogP contribution < -0.4 is 15.5 Å². The summed E-state index contributed by atoms with van der Waals surface area (Å²) < 4.78 is 15.2. The monoisotopic (exact) mass is 534 g/mol. The first-order valence-electron chi connectivity index (χ1n) is 13.5. The van der Waals surface area contributed by atoms with Crippen molar-refractivity contribution in [1.29, 1.82) is 0 Å². The van der Waals surface area contributed by atoms with E-state index in [1.807, 2.05) is 29.8 Å². The van der Waals surface area contributed by atoms with E-state index in [0.29, 0.717) is 13.1 Å². The van der Waals surface area contributed by atoms with Crippen LogP contribution in [0.15, 0.2) is 55.0 Å². The molecule has 2 aromatic carbocycles. The van der Waals surface area contributed by atoms with Gasteiger partial charge in [-0.05, 0) is 87.2 Å². The molecule has 3 aromatic rings. The highest BCUT2D eigenvalue weighted by molar-refractivity contribution is 5.93. The third-order valence-electron chi connectivity index (χ3n) is 7.55. The van der Waals surface area contributed by atoms with Crippen LogP contribution in [-0.4, -0.2) is 63.8 Å². The highest BCUT2D eigenvalue weighted by atomic mass is 19.1. The van der Waals surface area contributed by atoms with E-state index in [1.165, 1.54) is 12.1 Å². The van der Waals surface area contributed by atoms with Gasteiger partial charge in [0.25, 0.3) is 0 Å². The van der Waals surface area contributed by atoms with Crippen LogP contribution in [0.5, 0.6) is 0 Å². The van der Waals surface area contributed by atoms with Gasteiger partial charge in [0.15, 0.2) is 0 Å². The number of likely N-dealkylation sites (tertiary alicyclic amines) is 1. The number of halogens is 1. The number of carbonyl (C=O) groups is 2. The van der Waals surface area contributed by atoms with Gasteiger partial charge >= 0.3 is 6.09 Å². The lowest BCUT2D eigenvalue weighted by Gasteiger charge is -2.33. The third-order valence-corrected chi connectivity index (χ3v) is 7.55. The van der Waals surface area contributed by atoms with Gasteiger partial charge < -0.3 is 25.2 Å². The maximum atomic E-state index is 13.3. The molecule has 0 aliphatic carbocycles. The molecule has 0 radical (unpaired) electrons. The minimum atomic E-state index is -0.993. The fourth-order valence-corrected chi connectivity index (χ4v) is 5.59. The van der Waals surface area contributed by atoms with Gasteiger partial charge in [-0.2, -0.15) is 0 Å². The molecule has 5 rings (SSSR count). The molecule has 0 bridgehead atoms. The van der Waals surface area contributed by atoms with Crippen molar-refractivity contribution in [1.82, 2.24) is 19.8 Å². The van der Waals surface area contributed by atoms with E-state index in [4.69, 9.17) is 5.11 Å². The molecular weight excluding hydrogens is 499 g/mol. The van der Waals surface area contributed by atoms with Gasteiger partial charge in [-0.25, -0.2) is 14.2 Å². The molecule has 2 saturated heterocycles. The van der Waals surface area contributed by atoms with Crippen LogP contribution in [-0.2, 0) is 11.3 Å². The van der Waals surface area contributed by atoms with Crippen molar-refractivity contribution in [2.24, 2.45) is 5.92 Å². The molecule has 10 heteroatoms. The summed E-state index contributed by atoms with van der Waals surface area (Å²) in [5.74, 6) is -0.353. The Kier molecular flexibility index (Phi) is 8.11. The topological polar surface area (TPSA) is 103 Å². The number of benzene rings is 2. The standard InChI is InChI=1S/C29H35FN6O3/c1-20-16-36(19-31-20)27-14-21(17-34-10-2-3-24(18-34)33-29(38)39)13-25(15-27)32-28(37)22-8-11-35(12-9-22)26-6-4-23(30)5-7-26/h4-7,13-16,19,22,24,33H,2-3,8-12,17-18H2,1H3,(H,32,37)(H,38,39). The van der Waals surface area contributed by atoms with Crippen molar-refractivity contribution in [3.05, 3.63) is 72.1 Å². The molecule has 2 fully saturated rings. The van der Waals surface area contributed by atoms with Crippen LogP contribution in [0.4, 0.5) is 20.6 Å². The molecule has 206 valence electrons. The van der Waals surface area contributed by atoms with E-state index in [1.54, 1.807) is 18.5 Å². The Morgan fingerprint density at radius 3 is 2.51 bits per heavy atom. The number of carboxylic acid groups (broad SMARTS) is 1. The van der Waals surface area contributed by atoms with Crippen molar-refractivity contribution in [3.63, 3.8) is 0 Å². The Labute approximate surface area is 227 Å². The van der Waals surface area contributed by atoms with Crippen LogP contribution >= 0.6 is 0 Å². The summed E-state index contributed by atoms with van der Waals surface area (Å²) >= 11 is 0. The van der Waals surface area contributed by atoms with Crippen LogP contribution in [0, 0.1) is 18.7 Å². The number of amides is 2. The van der Waals surface area contributed by atoms with E-state index in [-0.39, 0.29) is 23.7 Å². The maximum Gasteiger partial charge on any atom is 0.404 e. The minimum absolute atomic E-state index is 0.00219. The van der Waals surface area contributed by atoms with E-state index in [9.17, 15) is 14.0 Å². The van der Waals surface area contributed by atoms with Crippen LogP contribution in [0.3, 0.4) is 0 Å². The Bertz CT molecular complexity index is 1300. The Morgan fingerprint density at radius 1 is 1.05 bits per heavy atom. The number of rotatable bonds is 7. The zero-order chi connectivity index (χ0) is 27.4. The number of aromatic nitrogens is 2. The summed E-state index contributed by atoms with van der Waals surface area (Å²) in [5.41, 5.74) is 4.55. The predicted octanol–water partition coefficient (Wildman–Crippen LogP) is 4.41. The van der Waals surface area contributed by atoms with E-state index >= 15 is 0 Å². The zero-order valence-corrected chi connectivity index (χ0v) is 22.1. The lowest BCUT2D eigenvalue weighted by molar-refractivity contribution is -0.120. The summed E-state index contributed by atoms with van der Waals surface area (Å²) in [6, 6.07) is 12.5. The number of aryl methyl sites for hydroxylation is 1. The Hall–Kier alpha value is -3.92. The van der Waals surface area contributed by atoms with Gasteiger partial charge in [0, 0.05) is 61.4 Å². The highest BCUT2D eigenvalue weighted by Crippen LogP contribution is 2.26. The van der Waals surface area contributed by atoms with Gasteiger partial charge in [-0.3, -0.25) is 9.69 Å². The molecule has 39 heavy (non-hydrogen) atoms. The molecule has 2 aliphatic rings. The first kappa shape index (κ1) is 26.7. The fraction of sp³-hybridized carbons (Fsp3) is 0.414. The summed E-state index contributed by atoms with van der Waals surface area (Å²) in [7, 11) is 0. The molecule has 0 spiro atoms. The quantitative estimate of drug-likeness (QED) is 0.415. The second-order valence-corrected chi connectivity index (χ2v) is 10.6. The van der Waals surface area contributed by atoms with Crippen LogP contribution in [0.2, 0.25) is 0 Å².